The van der Waals surface area contributed by atoms with Gasteiger partial charge >= 0.3 is 0 Å². The first kappa shape index (κ1) is 16.8. The number of hydrogen-bond donors (Lipinski definition) is 3. The van der Waals surface area contributed by atoms with E-state index in [0.29, 0.717) is 37.9 Å². The minimum absolute atomic E-state index is 0.0190. The smallest absolute Gasteiger partial charge is 0.245 e. The Kier molecular flexibility index (Phi) is 8.08. The van der Waals surface area contributed by atoms with Crippen molar-refractivity contribution in [3.05, 3.63) is 6.20 Å². The molecule has 0 aliphatic heterocycles. The summed E-state index contributed by atoms with van der Waals surface area (Å²) in [6.07, 6.45) is 1.26. The number of aromatic nitrogens is 2. The largest absolute Gasteiger partial charge is 0.473 e. The zero-order valence-electron chi connectivity index (χ0n) is 11.8. The van der Waals surface area contributed by atoms with Gasteiger partial charge in [0.25, 0.3) is 0 Å². The van der Waals surface area contributed by atoms with Gasteiger partial charge in [0, 0.05) is 26.1 Å². The first-order chi connectivity index (χ1) is 9.58. The Morgan fingerprint density at radius 3 is 2.95 bits per heavy atom. The first-order valence-corrected chi connectivity index (χ1v) is 7.36. The highest BCUT2D eigenvalue weighted by atomic mass is 32.1. The van der Waals surface area contributed by atoms with Crippen LogP contribution >= 0.6 is 11.7 Å². The third-order valence-corrected chi connectivity index (χ3v) is 2.84. The highest BCUT2D eigenvalue weighted by Gasteiger charge is 2.07. The summed E-state index contributed by atoms with van der Waals surface area (Å²) in [6, 6.07) is 0. The van der Waals surface area contributed by atoms with Gasteiger partial charge in [-0.3, -0.25) is 4.79 Å². The average molecular weight is 302 g/mol. The van der Waals surface area contributed by atoms with Gasteiger partial charge in [-0.25, -0.2) is 0 Å². The van der Waals surface area contributed by atoms with E-state index in [0.717, 1.165) is 11.7 Å². The first-order valence-electron chi connectivity index (χ1n) is 6.63. The molecule has 1 amide bonds. The van der Waals surface area contributed by atoms with Crippen molar-refractivity contribution < 1.29 is 14.6 Å². The summed E-state index contributed by atoms with van der Waals surface area (Å²) in [5.74, 6) is 0.888. The molecular weight excluding hydrogens is 280 g/mol. The van der Waals surface area contributed by atoms with Crippen LogP contribution in [0.5, 0.6) is 5.88 Å². The van der Waals surface area contributed by atoms with Gasteiger partial charge in [-0.05, 0) is 5.92 Å². The fourth-order valence-corrected chi connectivity index (χ4v) is 1.70. The highest BCUT2D eigenvalue weighted by molar-refractivity contribution is 6.99. The molecule has 8 heteroatoms. The lowest BCUT2D eigenvalue weighted by Gasteiger charge is -2.12. The van der Waals surface area contributed by atoms with E-state index in [9.17, 15) is 9.90 Å². The summed E-state index contributed by atoms with van der Waals surface area (Å²) < 4.78 is 12.9. The highest BCUT2D eigenvalue weighted by Crippen LogP contribution is 2.04. The molecule has 0 fully saturated rings. The second kappa shape index (κ2) is 9.62. The van der Waals surface area contributed by atoms with Crippen LogP contribution in [0.15, 0.2) is 6.20 Å². The van der Waals surface area contributed by atoms with E-state index in [2.05, 4.69) is 19.4 Å². The molecule has 1 heterocycles. The van der Waals surface area contributed by atoms with E-state index in [1.54, 1.807) is 0 Å². The van der Waals surface area contributed by atoms with Gasteiger partial charge < -0.3 is 20.5 Å². The van der Waals surface area contributed by atoms with Crippen molar-refractivity contribution in [1.82, 2.24) is 19.4 Å². The van der Waals surface area contributed by atoms with Gasteiger partial charge in [0.2, 0.25) is 11.8 Å². The number of ether oxygens (including phenoxy) is 1. The molecule has 1 aromatic heterocycles. The number of aliphatic hydroxyl groups excluding tert-OH is 1. The maximum atomic E-state index is 11.4. The zero-order chi connectivity index (χ0) is 14.8. The van der Waals surface area contributed by atoms with Crippen LogP contribution in [0, 0.1) is 5.92 Å². The standard InChI is InChI=1S/C12H22N4O3S/c1-9(2)5-14-11(18)3-4-13-6-10(17)8-19-12-7-15-20-16-12/h7,9-10,13,17H,3-6,8H2,1-2H3,(H,14,18). The molecule has 1 atom stereocenters. The average Bonchev–Trinajstić information content (AvgIpc) is 2.92. The molecule has 0 saturated heterocycles. The lowest BCUT2D eigenvalue weighted by Crippen LogP contribution is -2.35. The molecule has 1 rings (SSSR count). The molecule has 0 radical (unpaired) electrons. The van der Waals surface area contributed by atoms with Crippen molar-refractivity contribution >= 4 is 17.6 Å². The number of nitrogens with zero attached hydrogens (tertiary/aromatic N) is 2. The molecule has 1 aromatic rings. The maximum Gasteiger partial charge on any atom is 0.245 e. The van der Waals surface area contributed by atoms with Crippen LogP contribution in [-0.2, 0) is 4.79 Å². The van der Waals surface area contributed by atoms with E-state index in [-0.39, 0.29) is 12.5 Å². The Labute approximate surface area is 123 Å². The molecule has 3 N–H and O–H groups in total. The van der Waals surface area contributed by atoms with Crippen LogP contribution < -0.4 is 15.4 Å². The summed E-state index contributed by atoms with van der Waals surface area (Å²) in [6.45, 7) is 5.84. The Balaban J connectivity index is 1.98. The van der Waals surface area contributed by atoms with Crippen LogP contribution in [0.2, 0.25) is 0 Å². The molecule has 0 bridgehead atoms. The number of carbonyl (C=O) groups excluding carboxylic acids is 1. The fraction of sp³-hybridized carbons (Fsp3) is 0.750. The second-order valence-corrected chi connectivity index (χ2v) is 5.42. The third-order valence-electron chi connectivity index (χ3n) is 2.38. The number of hydrogen-bond acceptors (Lipinski definition) is 7. The predicted octanol–water partition coefficient (Wildman–Crippen LogP) is 0.0297. The molecule has 0 saturated carbocycles. The lowest BCUT2D eigenvalue weighted by molar-refractivity contribution is -0.121. The molecule has 0 spiro atoms. The van der Waals surface area contributed by atoms with Gasteiger partial charge in [-0.15, -0.1) is 4.37 Å². The molecule has 0 aromatic carbocycles. The van der Waals surface area contributed by atoms with Crippen molar-refractivity contribution in [2.45, 2.75) is 26.4 Å². The van der Waals surface area contributed by atoms with E-state index in [1.165, 1.54) is 6.20 Å². The number of nitrogens with one attached hydrogen (secondary N) is 2. The third kappa shape index (κ3) is 8.03. The Morgan fingerprint density at radius 2 is 2.30 bits per heavy atom. The van der Waals surface area contributed by atoms with E-state index in [4.69, 9.17) is 4.74 Å². The van der Waals surface area contributed by atoms with Gasteiger partial charge in [-0.2, -0.15) is 4.37 Å². The summed E-state index contributed by atoms with van der Waals surface area (Å²) in [5, 5.41) is 15.5. The monoisotopic (exact) mass is 302 g/mol. The van der Waals surface area contributed by atoms with E-state index in [1.807, 2.05) is 13.8 Å². The van der Waals surface area contributed by atoms with Crippen LogP contribution in [0.3, 0.4) is 0 Å². The molecule has 114 valence electrons. The maximum absolute atomic E-state index is 11.4. The minimum Gasteiger partial charge on any atom is -0.473 e. The van der Waals surface area contributed by atoms with E-state index < -0.39 is 6.10 Å². The molecule has 1 unspecified atom stereocenters. The predicted molar refractivity (Wildman–Crippen MR) is 76.7 cm³/mol. The van der Waals surface area contributed by atoms with Crippen molar-refractivity contribution in [3.63, 3.8) is 0 Å². The molecule has 0 aliphatic carbocycles. The molecule has 7 nitrogen and oxygen atoms in total. The normalized spacial score (nSPS) is 12.4. The summed E-state index contributed by atoms with van der Waals surface area (Å²) in [7, 11) is 0. The van der Waals surface area contributed by atoms with Gasteiger partial charge in [0.1, 0.15) is 18.9 Å². The zero-order valence-corrected chi connectivity index (χ0v) is 12.7. The molecular formula is C12H22N4O3S. The summed E-state index contributed by atoms with van der Waals surface area (Å²) in [5.41, 5.74) is 0. The van der Waals surface area contributed by atoms with Gasteiger partial charge in [0.15, 0.2) is 0 Å². The molecule has 0 aliphatic rings. The van der Waals surface area contributed by atoms with Gasteiger partial charge in [0.05, 0.1) is 11.7 Å². The molecule has 20 heavy (non-hydrogen) atoms. The fourth-order valence-electron chi connectivity index (χ4n) is 1.34. The number of amides is 1. The van der Waals surface area contributed by atoms with Crippen molar-refractivity contribution in [3.8, 4) is 5.88 Å². The van der Waals surface area contributed by atoms with Crippen molar-refractivity contribution in [2.75, 3.05) is 26.2 Å². The Bertz CT molecular complexity index is 373. The number of aliphatic hydroxyl groups is 1. The quantitative estimate of drug-likeness (QED) is 0.528. The van der Waals surface area contributed by atoms with E-state index >= 15 is 0 Å². The number of rotatable bonds is 10. The SMILES string of the molecule is CC(C)CNC(=O)CCNCC(O)COc1cnsn1. The Morgan fingerprint density at radius 1 is 1.50 bits per heavy atom. The minimum atomic E-state index is -0.643. The Hall–Kier alpha value is -1.25. The van der Waals surface area contributed by atoms with Crippen LogP contribution in [0.4, 0.5) is 0 Å². The van der Waals surface area contributed by atoms with Crippen LogP contribution in [0.1, 0.15) is 20.3 Å². The second-order valence-electron chi connectivity index (χ2n) is 4.86. The summed E-state index contributed by atoms with van der Waals surface area (Å²) in [4.78, 5) is 11.4. The van der Waals surface area contributed by atoms with Crippen LogP contribution in [-0.4, -0.2) is 52.1 Å². The van der Waals surface area contributed by atoms with Crippen LogP contribution in [0.25, 0.3) is 0 Å². The lowest BCUT2D eigenvalue weighted by atomic mass is 10.2. The topological polar surface area (TPSA) is 96.4 Å². The van der Waals surface area contributed by atoms with Crippen molar-refractivity contribution in [2.24, 2.45) is 5.92 Å². The van der Waals surface area contributed by atoms with Gasteiger partial charge in [-0.1, -0.05) is 13.8 Å². The number of carbonyl (C=O) groups is 1. The van der Waals surface area contributed by atoms with Crippen molar-refractivity contribution in [1.29, 1.82) is 0 Å². The summed E-state index contributed by atoms with van der Waals surface area (Å²) >= 11 is 1.06.